The highest BCUT2D eigenvalue weighted by Gasteiger charge is 2.36. The van der Waals surface area contributed by atoms with Gasteiger partial charge in [0.1, 0.15) is 17.0 Å². The standard InChI is InChI=1S/C27H31N3O7S/c1-17(31)18-6-5-7-21(14-18)29-26(34)27(2,20-9-11-22(37-3)12-10-20)28-16-25(33)19-8-13-24(32)23(15-19)30-38(4,35)36/h5-15,25,28,30,32-33H,16H2,1-4H3,(H,29,34). The molecule has 3 rings (SSSR count). The van der Waals surface area contributed by atoms with Crippen LogP contribution in [0.3, 0.4) is 0 Å². The van der Waals surface area contributed by atoms with Crippen molar-refractivity contribution in [2.45, 2.75) is 25.5 Å². The number of carbonyl (C=O) groups is 2. The molecule has 0 aliphatic heterocycles. The van der Waals surface area contributed by atoms with Crippen LogP contribution in [0.2, 0.25) is 0 Å². The number of aromatic hydroxyl groups is 1. The molecule has 11 heteroatoms. The lowest BCUT2D eigenvalue weighted by molar-refractivity contribution is -0.122. The summed E-state index contributed by atoms with van der Waals surface area (Å²) < 4.78 is 30.6. The topological polar surface area (TPSA) is 154 Å². The number of rotatable bonds is 11. The van der Waals surface area contributed by atoms with E-state index in [1.54, 1.807) is 55.5 Å². The Morgan fingerprint density at radius 3 is 2.34 bits per heavy atom. The molecule has 0 bridgehead atoms. The molecule has 0 aromatic heterocycles. The molecule has 0 fully saturated rings. The van der Waals surface area contributed by atoms with Crippen LogP contribution in [-0.2, 0) is 20.4 Å². The SMILES string of the molecule is COc1ccc(C(C)(NCC(O)c2ccc(O)c(NS(C)(=O)=O)c2)C(=O)Nc2cccc(C(C)=O)c2)cc1. The number of hydrogen-bond acceptors (Lipinski definition) is 8. The summed E-state index contributed by atoms with van der Waals surface area (Å²) in [7, 11) is -2.13. The fraction of sp³-hybridized carbons (Fsp3) is 0.259. The van der Waals surface area contributed by atoms with Crippen molar-refractivity contribution < 1.29 is 33.0 Å². The van der Waals surface area contributed by atoms with Crippen LogP contribution >= 0.6 is 0 Å². The highest BCUT2D eigenvalue weighted by Crippen LogP contribution is 2.30. The third-order valence-electron chi connectivity index (χ3n) is 6.00. The molecule has 38 heavy (non-hydrogen) atoms. The lowest BCUT2D eigenvalue weighted by atomic mass is 9.90. The van der Waals surface area contributed by atoms with E-state index in [1.165, 1.54) is 32.2 Å². The first-order valence-electron chi connectivity index (χ1n) is 11.6. The maximum atomic E-state index is 13.6. The Morgan fingerprint density at radius 2 is 1.74 bits per heavy atom. The van der Waals surface area contributed by atoms with E-state index in [2.05, 4.69) is 15.4 Å². The molecular formula is C27H31N3O7S. The Bertz CT molecular complexity index is 1420. The second-order valence-corrected chi connectivity index (χ2v) is 10.7. The van der Waals surface area contributed by atoms with E-state index >= 15 is 0 Å². The van der Waals surface area contributed by atoms with E-state index < -0.39 is 27.6 Å². The summed E-state index contributed by atoms with van der Waals surface area (Å²) in [5, 5.41) is 26.8. The van der Waals surface area contributed by atoms with E-state index in [0.29, 0.717) is 28.1 Å². The lowest BCUT2D eigenvalue weighted by Crippen LogP contribution is -2.51. The molecule has 0 saturated carbocycles. The van der Waals surface area contributed by atoms with Gasteiger partial charge in [0.05, 0.1) is 25.2 Å². The maximum Gasteiger partial charge on any atom is 0.249 e. The number of sulfonamides is 1. The number of ketones is 1. The normalized spacial score (nSPS) is 13.7. The summed E-state index contributed by atoms with van der Waals surface area (Å²) in [5.41, 5.74) is 0.349. The van der Waals surface area contributed by atoms with Crippen LogP contribution in [0, 0.1) is 0 Å². The number of hydrogen-bond donors (Lipinski definition) is 5. The van der Waals surface area contributed by atoms with Gasteiger partial charge < -0.3 is 20.3 Å². The van der Waals surface area contributed by atoms with Crippen molar-refractivity contribution in [1.29, 1.82) is 0 Å². The van der Waals surface area contributed by atoms with Crippen molar-refractivity contribution in [2.24, 2.45) is 0 Å². The predicted octanol–water partition coefficient (Wildman–Crippen LogP) is 3.15. The van der Waals surface area contributed by atoms with Crippen LogP contribution in [0.1, 0.15) is 41.4 Å². The van der Waals surface area contributed by atoms with Crippen LogP contribution < -0.4 is 20.1 Å². The summed E-state index contributed by atoms with van der Waals surface area (Å²) in [4.78, 5) is 25.4. The smallest absolute Gasteiger partial charge is 0.249 e. The Morgan fingerprint density at radius 1 is 1.05 bits per heavy atom. The van der Waals surface area contributed by atoms with E-state index in [9.17, 15) is 28.2 Å². The number of aliphatic hydroxyl groups is 1. The molecule has 0 aliphatic carbocycles. The number of phenolic OH excluding ortho intramolecular Hbond substituents is 1. The second-order valence-electron chi connectivity index (χ2n) is 8.99. The molecular weight excluding hydrogens is 510 g/mol. The van der Waals surface area contributed by atoms with Gasteiger partial charge in [-0.15, -0.1) is 0 Å². The molecule has 0 radical (unpaired) electrons. The summed E-state index contributed by atoms with van der Waals surface area (Å²) >= 11 is 0. The molecule has 3 aromatic rings. The van der Waals surface area contributed by atoms with Crippen molar-refractivity contribution in [3.63, 3.8) is 0 Å². The van der Waals surface area contributed by atoms with E-state index in [1.807, 2.05) is 0 Å². The molecule has 0 saturated heterocycles. The van der Waals surface area contributed by atoms with Crippen LogP contribution in [0.4, 0.5) is 11.4 Å². The molecule has 2 unspecified atom stereocenters. The first kappa shape index (κ1) is 28.6. The maximum absolute atomic E-state index is 13.6. The average Bonchev–Trinajstić information content (AvgIpc) is 2.87. The van der Waals surface area contributed by atoms with Crippen molar-refractivity contribution in [3.8, 4) is 11.5 Å². The van der Waals surface area contributed by atoms with E-state index in [0.717, 1.165) is 6.26 Å². The molecule has 10 nitrogen and oxygen atoms in total. The minimum absolute atomic E-state index is 0.0786. The molecule has 3 aromatic carbocycles. The predicted molar refractivity (Wildman–Crippen MR) is 145 cm³/mol. The van der Waals surface area contributed by atoms with Crippen LogP contribution in [0.15, 0.2) is 66.7 Å². The zero-order chi connectivity index (χ0) is 28.1. The van der Waals surface area contributed by atoms with Crippen molar-refractivity contribution in [1.82, 2.24) is 5.32 Å². The molecule has 2 atom stereocenters. The Balaban J connectivity index is 1.89. The fourth-order valence-corrected chi connectivity index (χ4v) is 4.33. The third kappa shape index (κ3) is 7.09. The summed E-state index contributed by atoms with van der Waals surface area (Å²) in [6.07, 6.45) is -0.218. The number of aliphatic hydroxyl groups excluding tert-OH is 1. The van der Waals surface area contributed by atoms with Gasteiger partial charge >= 0.3 is 0 Å². The quantitative estimate of drug-likeness (QED) is 0.183. The average molecular weight is 542 g/mol. The van der Waals surface area contributed by atoms with E-state index in [-0.39, 0.29) is 23.8 Å². The number of anilines is 2. The third-order valence-corrected chi connectivity index (χ3v) is 6.59. The van der Waals surface area contributed by atoms with Gasteiger partial charge in [0.2, 0.25) is 15.9 Å². The number of benzene rings is 3. The van der Waals surface area contributed by atoms with Crippen molar-refractivity contribution in [3.05, 3.63) is 83.4 Å². The summed E-state index contributed by atoms with van der Waals surface area (Å²) in [6, 6.07) is 17.5. The first-order valence-corrected chi connectivity index (χ1v) is 13.5. The van der Waals surface area contributed by atoms with Crippen LogP contribution in [0.25, 0.3) is 0 Å². The van der Waals surface area contributed by atoms with Gasteiger partial charge in [-0.2, -0.15) is 0 Å². The number of phenols is 1. The Labute approximate surface area is 221 Å². The van der Waals surface area contributed by atoms with Crippen molar-refractivity contribution >= 4 is 33.1 Å². The van der Waals surface area contributed by atoms with Gasteiger partial charge in [-0.3, -0.25) is 19.6 Å². The monoisotopic (exact) mass is 541 g/mol. The zero-order valence-electron chi connectivity index (χ0n) is 21.5. The summed E-state index contributed by atoms with van der Waals surface area (Å²) in [6.45, 7) is 2.98. The second kappa shape index (κ2) is 11.6. The fourth-order valence-electron chi connectivity index (χ4n) is 3.77. The van der Waals surface area contributed by atoms with Crippen molar-refractivity contribution in [2.75, 3.05) is 29.9 Å². The highest BCUT2D eigenvalue weighted by atomic mass is 32.2. The number of methoxy groups -OCH3 is 1. The molecule has 0 heterocycles. The molecule has 1 amide bonds. The lowest BCUT2D eigenvalue weighted by Gasteiger charge is -2.31. The number of amides is 1. The van der Waals surface area contributed by atoms with Crippen LogP contribution in [0.5, 0.6) is 11.5 Å². The summed E-state index contributed by atoms with van der Waals surface area (Å²) in [5.74, 6) is -0.283. The van der Waals surface area contributed by atoms with Gasteiger partial charge in [-0.25, -0.2) is 8.42 Å². The number of nitrogens with one attached hydrogen (secondary N) is 3. The highest BCUT2D eigenvalue weighted by molar-refractivity contribution is 7.92. The number of carbonyl (C=O) groups excluding carboxylic acids is 2. The minimum Gasteiger partial charge on any atom is -0.506 e. The Kier molecular flexibility index (Phi) is 8.77. The minimum atomic E-state index is -3.66. The Hall–Kier alpha value is -3.93. The van der Waals surface area contributed by atoms with Gasteiger partial charge in [-0.05, 0) is 61.4 Å². The largest absolute Gasteiger partial charge is 0.506 e. The molecule has 0 spiro atoms. The number of Topliss-reactive ketones (excluding diaryl/α,β-unsaturated/α-hetero) is 1. The molecule has 0 aliphatic rings. The van der Waals surface area contributed by atoms with Gasteiger partial charge in [-0.1, -0.05) is 30.3 Å². The number of ether oxygens (including phenoxy) is 1. The van der Waals surface area contributed by atoms with Crippen LogP contribution in [-0.4, -0.2) is 50.2 Å². The molecule has 202 valence electrons. The van der Waals surface area contributed by atoms with Gasteiger partial charge in [0, 0.05) is 17.8 Å². The van der Waals surface area contributed by atoms with E-state index in [4.69, 9.17) is 4.74 Å². The molecule has 5 N–H and O–H groups in total. The first-order chi connectivity index (χ1) is 17.8. The van der Waals surface area contributed by atoms with Gasteiger partial charge in [0.15, 0.2) is 5.78 Å². The van der Waals surface area contributed by atoms with Gasteiger partial charge in [0.25, 0.3) is 0 Å². The zero-order valence-corrected chi connectivity index (χ0v) is 22.3.